The Hall–Kier alpha value is -1.31. The second kappa shape index (κ2) is 6.74. The van der Waals surface area contributed by atoms with Crippen LogP contribution in [0.3, 0.4) is 0 Å². The summed E-state index contributed by atoms with van der Waals surface area (Å²) >= 11 is 0. The zero-order valence-electron chi connectivity index (χ0n) is 11.9. The van der Waals surface area contributed by atoms with Gasteiger partial charge in [-0.3, -0.25) is 4.90 Å². The summed E-state index contributed by atoms with van der Waals surface area (Å²) in [5, 5.41) is 12.2. The zero-order valence-corrected chi connectivity index (χ0v) is 11.9. The maximum atomic E-state index is 8.71. The zero-order chi connectivity index (χ0) is 13.7. The molecule has 1 aromatic rings. The molecule has 0 spiro atoms. The first-order valence-electron chi connectivity index (χ1n) is 7.14. The monoisotopic (exact) mass is 261 g/mol. The Labute approximate surface area is 115 Å². The molecule has 1 atom stereocenters. The van der Waals surface area contributed by atoms with Crippen LogP contribution in [0.5, 0.6) is 0 Å². The molecule has 2 heterocycles. The van der Waals surface area contributed by atoms with E-state index in [0.29, 0.717) is 24.3 Å². The molecule has 1 fully saturated rings. The molecule has 1 aromatic heterocycles. The number of hydrogen-bond donors (Lipinski definition) is 1. The van der Waals surface area contributed by atoms with Crippen LogP contribution < -0.4 is 5.32 Å². The molecule has 1 aliphatic heterocycles. The molecule has 1 aliphatic rings. The fourth-order valence-corrected chi connectivity index (χ4v) is 2.74. The van der Waals surface area contributed by atoms with Crippen molar-refractivity contribution < 1.29 is 4.42 Å². The van der Waals surface area contributed by atoms with E-state index in [0.717, 1.165) is 12.3 Å². The molecular formula is C15H23N3O. The highest BCUT2D eigenvalue weighted by Gasteiger charge is 2.24. The van der Waals surface area contributed by atoms with Crippen LogP contribution in [0.25, 0.3) is 0 Å². The van der Waals surface area contributed by atoms with Crippen molar-refractivity contribution in [2.75, 3.05) is 19.6 Å². The van der Waals surface area contributed by atoms with Crippen molar-refractivity contribution in [1.29, 1.82) is 5.26 Å². The third-order valence-electron chi connectivity index (χ3n) is 3.80. The van der Waals surface area contributed by atoms with E-state index in [2.05, 4.69) is 24.1 Å². The van der Waals surface area contributed by atoms with Crippen molar-refractivity contribution in [3.8, 4) is 6.07 Å². The summed E-state index contributed by atoms with van der Waals surface area (Å²) < 4.78 is 5.36. The molecule has 4 heteroatoms. The smallest absolute Gasteiger partial charge is 0.203 e. The van der Waals surface area contributed by atoms with Crippen molar-refractivity contribution >= 4 is 0 Å². The molecule has 0 bridgehead atoms. The minimum absolute atomic E-state index is 0.386. The van der Waals surface area contributed by atoms with E-state index in [9.17, 15) is 0 Å². The van der Waals surface area contributed by atoms with Gasteiger partial charge < -0.3 is 9.73 Å². The topological polar surface area (TPSA) is 52.2 Å². The summed E-state index contributed by atoms with van der Waals surface area (Å²) in [6.07, 6.45) is 2.65. The molecule has 0 saturated carbocycles. The van der Waals surface area contributed by atoms with Gasteiger partial charge in [-0.1, -0.05) is 13.8 Å². The molecule has 4 nitrogen and oxygen atoms in total. The third kappa shape index (κ3) is 3.82. The quantitative estimate of drug-likeness (QED) is 0.854. The molecule has 0 aromatic carbocycles. The lowest BCUT2D eigenvalue weighted by Gasteiger charge is -2.31. The molecule has 2 rings (SSSR count). The van der Waals surface area contributed by atoms with Gasteiger partial charge in [-0.05, 0) is 44.0 Å². The minimum Gasteiger partial charge on any atom is -0.449 e. The molecule has 0 aliphatic carbocycles. The maximum absolute atomic E-state index is 8.71. The van der Waals surface area contributed by atoms with Crippen LogP contribution >= 0.6 is 0 Å². The molecule has 19 heavy (non-hydrogen) atoms. The summed E-state index contributed by atoms with van der Waals surface area (Å²) in [6.45, 7) is 8.68. The van der Waals surface area contributed by atoms with Crippen LogP contribution in [-0.2, 0) is 6.54 Å². The Morgan fingerprint density at radius 3 is 2.68 bits per heavy atom. The first-order valence-corrected chi connectivity index (χ1v) is 7.14. The highest BCUT2D eigenvalue weighted by atomic mass is 16.3. The summed E-state index contributed by atoms with van der Waals surface area (Å²) in [7, 11) is 0. The summed E-state index contributed by atoms with van der Waals surface area (Å²) in [5.41, 5.74) is 0. The molecule has 1 unspecified atom stereocenters. The average Bonchev–Trinajstić information content (AvgIpc) is 3.05. The predicted molar refractivity (Wildman–Crippen MR) is 74.6 cm³/mol. The van der Waals surface area contributed by atoms with Gasteiger partial charge in [0.15, 0.2) is 0 Å². The van der Waals surface area contributed by atoms with E-state index in [4.69, 9.17) is 9.68 Å². The van der Waals surface area contributed by atoms with Crippen LogP contribution in [0.4, 0.5) is 0 Å². The van der Waals surface area contributed by atoms with Crippen LogP contribution in [0.15, 0.2) is 16.5 Å². The first kappa shape index (κ1) is 14.1. The Morgan fingerprint density at radius 2 is 2.11 bits per heavy atom. The summed E-state index contributed by atoms with van der Waals surface area (Å²) in [5.74, 6) is 1.87. The first-order chi connectivity index (χ1) is 9.20. The molecule has 0 radical (unpaired) electrons. The number of furan rings is 1. The second-order valence-electron chi connectivity index (χ2n) is 5.56. The van der Waals surface area contributed by atoms with E-state index >= 15 is 0 Å². The van der Waals surface area contributed by atoms with E-state index < -0.39 is 0 Å². The second-order valence-corrected chi connectivity index (χ2v) is 5.56. The fraction of sp³-hybridized carbons (Fsp3) is 0.667. The van der Waals surface area contributed by atoms with Crippen LogP contribution in [0.2, 0.25) is 0 Å². The van der Waals surface area contributed by atoms with Gasteiger partial charge in [-0.2, -0.15) is 5.26 Å². The number of likely N-dealkylation sites (tertiary alicyclic amines) is 1. The Kier molecular flexibility index (Phi) is 5.00. The lowest BCUT2D eigenvalue weighted by atomic mass is 10.0. The lowest BCUT2D eigenvalue weighted by molar-refractivity contribution is 0.185. The number of nitriles is 1. The maximum Gasteiger partial charge on any atom is 0.203 e. The van der Waals surface area contributed by atoms with Gasteiger partial charge in [0.25, 0.3) is 0 Å². The van der Waals surface area contributed by atoms with Gasteiger partial charge in [0, 0.05) is 12.6 Å². The molecule has 1 saturated heterocycles. The normalized spacial score (nSPS) is 17.8. The highest BCUT2D eigenvalue weighted by molar-refractivity contribution is 5.18. The van der Waals surface area contributed by atoms with E-state index in [1.54, 1.807) is 6.07 Å². The van der Waals surface area contributed by atoms with Gasteiger partial charge in [-0.25, -0.2) is 0 Å². The molecule has 104 valence electrons. The van der Waals surface area contributed by atoms with Crippen LogP contribution in [-0.4, -0.2) is 30.6 Å². The Bertz CT molecular complexity index is 427. The molecular weight excluding hydrogens is 238 g/mol. The van der Waals surface area contributed by atoms with Crippen LogP contribution in [0.1, 0.15) is 38.2 Å². The van der Waals surface area contributed by atoms with Crippen molar-refractivity contribution in [3.05, 3.63) is 23.7 Å². The molecule has 0 amide bonds. The number of nitrogens with one attached hydrogen (secondary N) is 1. The SMILES string of the molecule is CC(C)C(CNCc1ccc(C#N)o1)N1CCCC1. The van der Waals surface area contributed by atoms with Crippen molar-refractivity contribution in [3.63, 3.8) is 0 Å². The average molecular weight is 261 g/mol. The van der Waals surface area contributed by atoms with Crippen molar-refractivity contribution in [2.45, 2.75) is 39.3 Å². The fourth-order valence-electron chi connectivity index (χ4n) is 2.74. The lowest BCUT2D eigenvalue weighted by Crippen LogP contribution is -2.44. The molecule has 1 N–H and O–H groups in total. The highest BCUT2D eigenvalue weighted by Crippen LogP contribution is 2.17. The predicted octanol–water partition coefficient (Wildman–Crippen LogP) is 2.36. The van der Waals surface area contributed by atoms with E-state index in [1.165, 1.54) is 25.9 Å². The Morgan fingerprint density at radius 1 is 1.37 bits per heavy atom. The third-order valence-corrected chi connectivity index (χ3v) is 3.80. The standard InChI is InChI=1S/C15H23N3O/c1-12(2)15(18-7-3-4-8-18)11-17-10-14-6-5-13(9-16)19-14/h5-6,12,15,17H,3-4,7-8,10-11H2,1-2H3. The van der Waals surface area contributed by atoms with Gasteiger partial charge >= 0.3 is 0 Å². The largest absolute Gasteiger partial charge is 0.449 e. The number of nitrogens with zero attached hydrogens (tertiary/aromatic N) is 2. The number of hydrogen-bond acceptors (Lipinski definition) is 4. The van der Waals surface area contributed by atoms with Gasteiger partial charge in [0.05, 0.1) is 6.54 Å². The van der Waals surface area contributed by atoms with Crippen molar-refractivity contribution in [1.82, 2.24) is 10.2 Å². The Balaban J connectivity index is 1.80. The van der Waals surface area contributed by atoms with Gasteiger partial charge in [0.2, 0.25) is 5.76 Å². The van der Waals surface area contributed by atoms with E-state index in [-0.39, 0.29) is 0 Å². The van der Waals surface area contributed by atoms with Gasteiger partial charge in [0.1, 0.15) is 11.8 Å². The summed E-state index contributed by atoms with van der Waals surface area (Å²) in [6, 6.07) is 6.18. The van der Waals surface area contributed by atoms with Crippen molar-refractivity contribution in [2.24, 2.45) is 5.92 Å². The van der Waals surface area contributed by atoms with Gasteiger partial charge in [-0.15, -0.1) is 0 Å². The number of rotatable bonds is 6. The minimum atomic E-state index is 0.386. The van der Waals surface area contributed by atoms with Crippen LogP contribution in [0, 0.1) is 17.2 Å². The van der Waals surface area contributed by atoms with E-state index in [1.807, 2.05) is 12.1 Å². The summed E-state index contributed by atoms with van der Waals surface area (Å²) in [4.78, 5) is 2.58.